The van der Waals surface area contributed by atoms with Gasteiger partial charge in [-0.2, -0.15) is 0 Å². The maximum atomic E-state index is 11.3. The first-order chi connectivity index (χ1) is 23.1. The van der Waals surface area contributed by atoms with Gasteiger partial charge >= 0.3 is 5.97 Å². The maximum absolute atomic E-state index is 11.3. The lowest BCUT2D eigenvalue weighted by Gasteiger charge is -2.22. The molecule has 0 aromatic rings. The first kappa shape index (κ1) is 44.2. The zero-order valence-corrected chi connectivity index (χ0v) is 27.2. The van der Waals surface area contributed by atoms with Crippen LogP contribution in [-0.2, 0) is 52.2 Å². The molecule has 0 aliphatic heterocycles. The molecule has 0 radical (unpaired) electrons. The highest BCUT2D eigenvalue weighted by Crippen LogP contribution is 1.93. The highest BCUT2D eigenvalue weighted by Gasteiger charge is 2.06. The van der Waals surface area contributed by atoms with E-state index < -0.39 is 5.97 Å². The number of nitrogens with zero attached hydrogens (tertiary/aromatic N) is 7. The Morgan fingerprint density at radius 1 is 0.553 bits per heavy atom. The summed E-state index contributed by atoms with van der Waals surface area (Å²) in [6, 6.07) is 0. The third-order valence-electron chi connectivity index (χ3n) is 5.59. The first-order valence-electron chi connectivity index (χ1n) is 15.5. The van der Waals surface area contributed by atoms with Gasteiger partial charge in [-0.05, 0) is 11.1 Å². The minimum absolute atomic E-state index is 0.0290. The Morgan fingerprint density at radius 3 is 1.36 bits per heavy atom. The molecule has 47 heavy (non-hydrogen) atoms. The van der Waals surface area contributed by atoms with Crippen molar-refractivity contribution in [1.29, 1.82) is 0 Å². The van der Waals surface area contributed by atoms with Gasteiger partial charge in [-0.1, -0.05) is 10.2 Å². The van der Waals surface area contributed by atoms with Gasteiger partial charge < -0.3 is 53.1 Å². The summed E-state index contributed by atoms with van der Waals surface area (Å²) in [5, 5.41) is 17.7. The topological polar surface area (TPSA) is 250 Å². The molecule has 0 aromatic heterocycles. The van der Waals surface area contributed by atoms with Gasteiger partial charge in [0.2, 0.25) is 5.91 Å². The fraction of sp³-hybridized carbons (Fsp3) is 0.926. The smallest absolute Gasteiger partial charge is 0.305 e. The Bertz CT molecular complexity index is 812. The number of azide groups is 2. The summed E-state index contributed by atoms with van der Waals surface area (Å²) in [4.78, 5) is 29.1. The predicted molar refractivity (Wildman–Crippen MR) is 167 cm³/mol. The van der Waals surface area contributed by atoms with Crippen molar-refractivity contribution in [3.63, 3.8) is 0 Å². The van der Waals surface area contributed by atoms with E-state index in [0.717, 1.165) is 0 Å². The molecule has 0 rings (SSSR count). The summed E-state index contributed by atoms with van der Waals surface area (Å²) >= 11 is 0. The summed E-state index contributed by atoms with van der Waals surface area (Å²) in [5.41, 5.74) is 16.4. The van der Waals surface area contributed by atoms with E-state index in [1.165, 1.54) is 0 Å². The van der Waals surface area contributed by atoms with E-state index in [2.05, 4.69) is 30.3 Å². The normalized spacial score (nSPS) is 10.9. The molecule has 272 valence electrons. The molecule has 0 aliphatic rings. The fourth-order valence-electron chi connectivity index (χ4n) is 3.27. The molecule has 0 bridgehead atoms. The van der Waals surface area contributed by atoms with Crippen LogP contribution >= 0.6 is 0 Å². The lowest BCUT2D eigenvalue weighted by atomic mass is 10.4. The largest absolute Gasteiger partial charge is 0.481 e. The quantitative estimate of drug-likeness (QED) is 0.0394. The molecule has 0 spiro atoms. The van der Waals surface area contributed by atoms with Crippen LogP contribution in [0, 0.1) is 0 Å². The Morgan fingerprint density at radius 2 is 0.936 bits per heavy atom. The van der Waals surface area contributed by atoms with Gasteiger partial charge in [0.05, 0.1) is 125 Å². The fourth-order valence-corrected chi connectivity index (χ4v) is 3.27. The highest BCUT2D eigenvalue weighted by molar-refractivity contribution is 5.78. The van der Waals surface area contributed by atoms with Crippen LogP contribution in [0.1, 0.15) is 6.42 Å². The summed E-state index contributed by atoms with van der Waals surface area (Å²) in [6.07, 6.45) is -0.0290. The summed E-state index contributed by atoms with van der Waals surface area (Å²) in [7, 11) is 0. The van der Waals surface area contributed by atoms with E-state index in [1.807, 2.05) is 0 Å². The molecular weight excluding hydrogens is 628 g/mol. The molecule has 0 atom stereocenters. The molecule has 0 fully saturated rings. The van der Waals surface area contributed by atoms with Crippen molar-refractivity contribution in [2.24, 2.45) is 10.2 Å². The van der Waals surface area contributed by atoms with Crippen molar-refractivity contribution in [3.05, 3.63) is 20.9 Å². The van der Waals surface area contributed by atoms with Crippen LogP contribution in [0.5, 0.6) is 0 Å². The number of carboxylic acids is 1. The summed E-state index contributed by atoms with van der Waals surface area (Å²) in [5.74, 6) is -1.25. The van der Waals surface area contributed by atoms with Crippen molar-refractivity contribution in [2.75, 3.05) is 158 Å². The van der Waals surface area contributed by atoms with Gasteiger partial charge in [-0.15, -0.1) is 0 Å². The van der Waals surface area contributed by atoms with Gasteiger partial charge in [0, 0.05) is 42.5 Å². The van der Waals surface area contributed by atoms with Crippen LogP contribution in [0.2, 0.25) is 0 Å². The SMILES string of the molecule is [N-]=[N+]=NCCOCCOCCOCCN(CCOCCOCCOCCNC(=O)CN=[N+]=[N-])CCOCCOCCOCCC(=O)O. The number of carbonyl (C=O) groups excluding carboxylic acids is 1. The third-order valence-corrected chi connectivity index (χ3v) is 5.59. The van der Waals surface area contributed by atoms with Gasteiger partial charge in [-0.3, -0.25) is 14.5 Å². The monoisotopic (exact) mass is 680 g/mol. The molecule has 20 heteroatoms. The van der Waals surface area contributed by atoms with Crippen molar-refractivity contribution < 1.29 is 57.3 Å². The lowest BCUT2D eigenvalue weighted by molar-refractivity contribution is -0.138. The minimum atomic E-state index is -0.894. The van der Waals surface area contributed by atoms with Crippen LogP contribution in [0.25, 0.3) is 20.9 Å². The Balaban J connectivity index is 3.98. The molecule has 0 saturated heterocycles. The van der Waals surface area contributed by atoms with E-state index in [-0.39, 0.29) is 25.5 Å². The molecule has 0 unspecified atom stereocenters. The average molecular weight is 681 g/mol. The number of aliphatic carboxylic acids is 1. The summed E-state index contributed by atoms with van der Waals surface area (Å²) in [6.45, 7) is 9.68. The molecule has 20 nitrogen and oxygen atoms in total. The third kappa shape index (κ3) is 37.5. The number of rotatable bonds is 38. The van der Waals surface area contributed by atoms with Gasteiger partial charge in [0.25, 0.3) is 0 Å². The zero-order valence-electron chi connectivity index (χ0n) is 27.2. The number of nitrogens with one attached hydrogen (secondary N) is 1. The number of ether oxygens (including phenoxy) is 9. The van der Waals surface area contributed by atoms with E-state index in [0.29, 0.717) is 145 Å². The number of carboxylic acid groups (broad SMARTS) is 1. The van der Waals surface area contributed by atoms with Gasteiger partial charge in [-0.25, -0.2) is 0 Å². The molecule has 1 amide bonds. The number of hydrogen-bond acceptors (Lipinski definition) is 14. The Hall–Kier alpha value is -2.84. The highest BCUT2D eigenvalue weighted by atomic mass is 16.6. The second kappa shape index (κ2) is 37.6. The van der Waals surface area contributed by atoms with E-state index in [9.17, 15) is 9.59 Å². The number of carbonyl (C=O) groups is 2. The van der Waals surface area contributed by atoms with Crippen molar-refractivity contribution in [1.82, 2.24) is 10.2 Å². The maximum Gasteiger partial charge on any atom is 0.305 e. The standard InChI is InChI=1S/C27H52N8O12/c28-33-31-3-9-41-15-21-47-24-18-44-12-6-35(4-10-42-16-22-45-19-13-39-7-1-27(37)38)5-11-43-17-23-46-20-14-40-8-2-30-26(36)25-32-34-29/h1-25H2,(H,30,36)(H,37,38). The molecule has 0 saturated carbocycles. The van der Waals surface area contributed by atoms with E-state index in [4.69, 9.17) is 58.8 Å². The Kier molecular flexibility index (Phi) is 35.3. The van der Waals surface area contributed by atoms with Gasteiger partial charge in [0.1, 0.15) is 6.54 Å². The lowest BCUT2D eigenvalue weighted by Crippen LogP contribution is -2.34. The Labute approximate surface area is 275 Å². The van der Waals surface area contributed by atoms with Crippen molar-refractivity contribution in [3.8, 4) is 0 Å². The van der Waals surface area contributed by atoms with E-state index >= 15 is 0 Å². The first-order valence-corrected chi connectivity index (χ1v) is 15.5. The number of hydrogen-bond donors (Lipinski definition) is 2. The minimum Gasteiger partial charge on any atom is -0.481 e. The average Bonchev–Trinajstić information content (AvgIpc) is 3.06. The second-order valence-corrected chi connectivity index (χ2v) is 9.19. The van der Waals surface area contributed by atoms with Crippen LogP contribution < -0.4 is 5.32 Å². The molecule has 2 N–H and O–H groups in total. The van der Waals surface area contributed by atoms with Gasteiger partial charge in [0.15, 0.2) is 0 Å². The van der Waals surface area contributed by atoms with E-state index in [1.54, 1.807) is 0 Å². The second-order valence-electron chi connectivity index (χ2n) is 9.19. The molecular formula is C27H52N8O12. The van der Waals surface area contributed by atoms with Crippen LogP contribution in [0.3, 0.4) is 0 Å². The number of amides is 1. The van der Waals surface area contributed by atoms with Crippen molar-refractivity contribution in [2.45, 2.75) is 6.42 Å². The molecule has 0 heterocycles. The molecule has 0 aliphatic carbocycles. The van der Waals surface area contributed by atoms with Crippen molar-refractivity contribution >= 4 is 11.9 Å². The summed E-state index contributed by atoms with van der Waals surface area (Å²) < 4.78 is 49.3. The predicted octanol–water partition coefficient (Wildman–Crippen LogP) is 0.649. The zero-order chi connectivity index (χ0) is 34.3. The van der Waals surface area contributed by atoms with Crippen LogP contribution in [-0.4, -0.2) is 180 Å². The van der Waals surface area contributed by atoms with Crippen LogP contribution in [0.15, 0.2) is 10.2 Å². The van der Waals surface area contributed by atoms with Crippen LogP contribution in [0.4, 0.5) is 0 Å². The molecule has 0 aromatic carbocycles.